The molecule has 0 aliphatic carbocycles. The average molecular weight is 351 g/mol. The molecule has 1 aromatic carbocycles. The van der Waals surface area contributed by atoms with Crippen LogP contribution >= 0.6 is 22.9 Å². The van der Waals surface area contributed by atoms with Crippen molar-refractivity contribution >= 4 is 44.9 Å². The first-order valence-electron chi connectivity index (χ1n) is 6.97. The molecule has 2 aromatic heterocycles. The Hall–Kier alpha value is -1.89. The van der Waals surface area contributed by atoms with E-state index in [4.69, 9.17) is 20.8 Å². The third kappa shape index (κ3) is 3.39. The Kier molecular flexibility index (Phi) is 4.66. The van der Waals surface area contributed by atoms with Crippen LogP contribution in [0.1, 0.15) is 16.0 Å². The Labute approximate surface area is 142 Å². The number of hydrogen-bond donors (Lipinski definition) is 1. The Balaban J connectivity index is 1.73. The van der Waals surface area contributed by atoms with Crippen molar-refractivity contribution < 1.29 is 13.9 Å². The van der Waals surface area contributed by atoms with Crippen LogP contribution in [0.5, 0.6) is 0 Å². The highest BCUT2D eigenvalue weighted by atomic mass is 35.5. The minimum absolute atomic E-state index is 0.150. The molecule has 3 aromatic rings. The van der Waals surface area contributed by atoms with E-state index in [0.717, 1.165) is 21.4 Å². The number of methoxy groups -OCH3 is 1. The molecule has 7 heteroatoms. The SMILES string of the molecule is COCc1cnc(NC(=O)Cc2coc3c(Cl)c(C)ccc23)s1. The summed E-state index contributed by atoms with van der Waals surface area (Å²) in [4.78, 5) is 17.3. The molecular weight excluding hydrogens is 336 g/mol. The highest BCUT2D eigenvalue weighted by Gasteiger charge is 2.14. The van der Waals surface area contributed by atoms with Crippen LogP contribution in [0, 0.1) is 6.92 Å². The number of halogens is 1. The van der Waals surface area contributed by atoms with Crippen molar-refractivity contribution in [2.24, 2.45) is 0 Å². The van der Waals surface area contributed by atoms with E-state index in [-0.39, 0.29) is 12.3 Å². The van der Waals surface area contributed by atoms with E-state index in [1.54, 1.807) is 19.6 Å². The second kappa shape index (κ2) is 6.70. The molecule has 0 aliphatic heterocycles. The number of aryl methyl sites for hydroxylation is 1. The van der Waals surface area contributed by atoms with Gasteiger partial charge in [0.15, 0.2) is 10.7 Å². The van der Waals surface area contributed by atoms with Crippen LogP contribution in [0.15, 0.2) is 29.0 Å². The van der Waals surface area contributed by atoms with Gasteiger partial charge >= 0.3 is 0 Å². The van der Waals surface area contributed by atoms with E-state index in [0.29, 0.717) is 22.3 Å². The molecule has 0 unspecified atom stereocenters. The zero-order chi connectivity index (χ0) is 16.4. The van der Waals surface area contributed by atoms with Gasteiger partial charge in [-0.1, -0.05) is 35.1 Å². The van der Waals surface area contributed by atoms with Crippen LogP contribution in [0.3, 0.4) is 0 Å². The van der Waals surface area contributed by atoms with Crippen molar-refractivity contribution in [2.75, 3.05) is 12.4 Å². The van der Waals surface area contributed by atoms with E-state index in [1.807, 2.05) is 19.1 Å². The van der Waals surface area contributed by atoms with Gasteiger partial charge in [-0.05, 0) is 12.5 Å². The number of furan rings is 1. The maximum Gasteiger partial charge on any atom is 0.230 e. The molecule has 2 heterocycles. The fourth-order valence-corrected chi connectivity index (χ4v) is 3.27. The average Bonchev–Trinajstić information content (AvgIpc) is 3.11. The van der Waals surface area contributed by atoms with E-state index < -0.39 is 0 Å². The second-order valence-corrected chi connectivity index (χ2v) is 6.62. The summed E-state index contributed by atoms with van der Waals surface area (Å²) < 4.78 is 10.5. The minimum Gasteiger partial charge on any atom is -0.462 e. The normalized spacial score (nSPS) is 11.1. The molecule has 0 bridgehead atoms. The molecule has 0 atom stereocenters. The highest BCUT2D eigenvalue weighted by molar-refractivity contribution is 7.15. The van der Waals surface area contributed by atoms with Gasteiger partial charge in [-0.2, -0.15) is 0 Å². The van der Waals surface area contributed by atoms with E-state index in [9.17, 15) is 4.79 Å². The molecule has 1 N–H and O–H groups in total. The van der Waals surface area contributed by atoms with Gasteiger partial charge < -0.3 is 14.5 Å². The molecule has 120 valence electrons. The monoisotopic (exact) mass is 350 g/mol. The van der Waals surface area contributed by atoms with Crippen LogP contribution in [0.2, 0.25) is 5.02 Å². The van der Waals surface area contributed by atoms with E-state index in [2.05, 4.69) is 10.3 Å². The van der Waals surface area contributed by atoms with Crippen molar-refractivity contribution in [3.8, 4) is 0 Å². The van der Waals surface area contributed by atoms with Gasteiger partial charge in [-0.3, -0.25) is 4.79 Å². The van der Waals surface area contributed by atoms with Crippen molar-refractivity contribution in [3.05, 3.63) is 45.6 Å². The predicted octanol–water partition coefficient (Wildman–Crippen LogP) is 4.18. The van der Waals surface area contributed by atoms with Crippen LogP contribution < -0.4 is 5.32 Å². The van der Waals surface area contributed by atoms with Crippen LogP contribution in [0.4, 0.5) is 5.13 Å². The molecule has 3 rings (SSSR count). The van der Waals surface area contributed by atoms with Crippen LogP contribution in [0.25, 0.3) is 11.0 Å². The number of hydrogen-bond acceptors (Lipinski definition) is 5. The van der Waals surface area contributed by atoms with Crippen molar-refractivity contribution in [1.82, 2.24) is 4.98 Å². The number of carbonyl (C=O) groups is 1. The molecule has 0 spiro atoms. The largest absolute Gasteiger partial charge is 0.462 e. The number of nitrogens with zero attached hydrogens (tertiary/aromatic N) is 1. The van der Waals surface area contributed by atoms with Gasteiger partial charge in [0.2, 0.25) is 5.91 Å². The molecular formula is C16H15ClN2O3S. The van der Waals surface area contributed by atoms with Crippen LogP contribution in [-0.2, 0) is 22.6 Å². The van der Waals surface area contributed by atoms with Crippen molar-refractivity contribution in [2.45, 2.75) is 20.0 Å². The maximum atomic E-state index is 12.2. The minimum atomic E-state index is -0.150. The topological polar surface area (TPSA) is 64.4 Å². The van der Waals surface area contributed by atoms with E-state index >= 15 is 0 Å². The number of rotatable bonds is 5. The number of aromatic nitrogens is 1. The molecule has 0 saturated heterocycles. The Morgan fingerprint density at radius 3 is 3.09 bits per heavy atom. The summed E-state index contributed by atoms with van der Waals surface area (Å²) >= 11 is 7.62. The van der Waals surface area contributed by atoms with Crippen molar-refractivity contribution in [1.29, 1.82) is 0 Å². The van der Waals surface area contributed by atoms with Gasteiger partial charge in [0.25, 0.3) is 0 Å². The standard InChI is InChI=1S/C16H15ClN2O3S/c1-9-3-4-12-10(7-22-15(12)14(9)17)5-13(20)19-16-18-6-11(23-16)8-21-2/h3-4,6-7H,5,8H2,1-2H3,(H,18,19,20). The zero-order valence-electron chi connectivity index (χ0n) is 12.7. The lowest BCUT2D eigenvalue weighted by Gasteiger charge is -2.01. The molecule has 0 aliphatic rings. The number of benzene rings is 1. The van der Waals surface area contributed by atoms with E-state index in [1.165, 1.54) is 11.3 Å². The third-order valence-electron chi connectivity index (χ3n) is 3.39. The lowest BCUT2D eigenvalue weighted by atomic mass is 10.1. The summed E-state index contributed by atoms with van der Waals surface area (Å²) in [7, 11) is 1.62. The molecule has 5 nitrogen and oxygen atoms in total. The molecule has 0 radical (unpaired) electrons. The second-order valence-electron chi connectivity index (χ2n) is 5.12. The molecule has 0 fully saturated rings. The van der Waals surface area contributed by atoms with Gasteiger partial charge in [-0.15, -0.1) is 0 Å². The predicted molar refractivity (Wildman–Crippen MR) is 91.1 cm³/mol. The van der Waals surface area contributed by atoms with Gasteiger partial charge in [0, 0.05) is 24.3 Å². The van der Waals surface area contributed by atoms with Gasteiger partial charge in [0.05, 0.1) is 29.2 Å². The number of nitrogens with one attached hydrogen (secondary N) is 1. The fourth-order valence-electron chi connectivity index (χ4n) is 2.26. The first-order valence-corrected chi connectivity index (χ1v) is 8.16. The summed E-state index contributed by atoms with van der Waals surface area (Å²) in [5.41, 5.74) is 2.36. The first kappa shape index (κ1) is 16.0. The summed E-state index contributed by atoms with van der Waals surface area (Å²) in [5, 5.41) is 4.79. The lowest BCUT2D eigenvalue weighted by Crippen LogP contribution is -2.13. The summed E-state index contributed by atoms with van der Waals surface area (Å²) in [6.07, 6.45) is 3.47. The lowest BCUT2D eigenvalue weighted by molar-refractivity contribution is -0.115. The number of anilines is 1. The maximum absolute atomic E-state index is 12.2. The Morgan fingerprint density at radius 2 is 2.30 bits per heavy atom. The number of amides is 1. The third-order valence-corrected chi connectivity index (χ3v) is 4.75. The fraction of sp³-hybridized carbons (Fsp3) is 0.250. The highest BCUT2D eigenvalue weighted by Crippen LogP contribution is 2.31. The van der Waals surface area contributed by atoms with Gasteiger partial charge in [0.1, 0.15) is 0 Å². The summed E-state index contributed by atoms with van der Waals surface area (Å²) in [6, 6.07) is 3.84. The Morgan fingerprint density at radius 1 is 1.48 bits per heavy atom. The zero-order valence-corrected chi connectivity index (χ0v) is 14.3. The Bertz CT molecular complexity index is 856. The number of thiazole rings is 1. The quantitative estimate of drug-likeness (QED) is 0.749. The molecule has 23 heavy (non-hydrogen) atoms. The molecule has 1 amide bonds. The first-order chi connectivity index (χ1) is 11.1. The smallest absolute Gasteiger partial charge is 0.230 e. The van der Waals surface area contributed by atoms with Crippen LogP contribution in [-0.4, -0.2) is 18.0 Å². The van der Waals surface area contributed by atoms with Gasteiger partial charge in [-0.25, -0.2) is 4.98 Å². The summed E-state index contributed by atoms with van der Waals surface area (Å²) in [5.74, 6) is -0.150. The summed E-state index contributed by atoms with van der Waals surface area (Å²) in [6.45, 7) is 2.40. The van der Waals surface area contributed by atoms with Crippen molar-refractivity contribution in [3.63, 3.8) is 0 Å². The number of ether oxygens (including phenoxy) is 1. The molecule has 0 saturated carbocycles. The number of fused-ring (bicyclic) bond motifs is 1. The number of carbonyl (C=O) groups excluding carboxylic acids is 1.